The first-order chi connectivity index (χ1) is 9.83. The van der Waals surface area contributed by atoms with Crippen molar-refractivity contribution in [1.29, 1.82) is 0 Å². The highest BCUT2D eigenvalue weighted by Gasteiger charge is 2.21. The normalized spacial score (nSPS) is 11.6. The number of hydrogen-bond acceptors (Lipinski definition) is 4. The first-order valence-electron chi connectivity index (χ1n) is 6.36. The predicted molar refractivity (Wildman–Crippen MR) is 83.2 cm³/mol. The summed E-state index contributed by atoms with van der Waals surface area (Å²) in [7, 11) is -1.94. The van der Waals surface area contributed by atoms with E-state index in [0.29, 0.717) is 28.8 Å². The quantitative estimate of drug-likeness (QED) is 0.884. The number of rotatable bonds is 5. The van der Waals surface area contributed by atoms with Crippen LogP contribution >= 0.6 is 11.6 Å². The Morgan fingerprint density at radius 2 is 1.95 bits per heavy atom. The van der Waals surface area contributed by atoms with Crippen molar-refractivity contribution in [2.24, 2.45) is 0 Å². The van der Waals surface area contributed by atoms with Gasteiger partial charge in [0.05, 0.1) is 12.2 Å². The SMILES string of the molecule is CNCc1cc(S(=O)(=O)Nc2ccc(C)c(Cl)c2)c(C)o1. The van der Waals surface area contributed by atoms with Crippen LogP contribution in [0, 0.1) is 13.8 Å². The fourth-order valence-electron chi connectivity index (χ4n) is 1.92. The van der Waals surface area contributed by atoms with Crippen LogP contribution < -0.4 is 10.0 Å². The van der Waals surface area contributed by atoms with Gasteiger partial charge in [-0.3, -0.25) is 4.72 Å². The van der Waals surface area contributed by atoms with E-state index in [1.165, 1.54) is 6.07 Å². The molecule has 0 aliphatic rings. The zero-order chi connectivity index (χ0) is 15.6. The van der Waals surface area contributed by atoms with E-state index in [2.05, 4.69) is 10.0 Å². The number of anilines is 1. The first-order valence-corrected chi connectivity index (χ1v) is 8.22. The number of sulfonamides is 1. The molecule has 0 aliphatic carbocycles. The minimum Gasteiger partial charge on any atom is -0.464 e. The minimum atomic E-state index is -3.70. The van der Waals surface area contributed by atoms with E-state index in [-0.39, 0.29) is 4.90 Å². The largest absolute Gasteiger partial charge is 0.464 e. The molecule has 1 aromatic carbocycles. The summed E-state index contributed by atoms with van der Waals surface area (Å²) in [4.78, 5) is 0.129. The molecule has 0 spiro atoms. The van der Waals surface area contributed by atoms with Crippen molar-refractivity contribution in [3.63, 3.8) is 0 Å². The monoisotopic (exact) mass is 328 g/mol. The van der Waals surface area contributed by atoms with Crippen molar-refractivity contribution in [2.45, 2.75) is 25.3 Å². The van der Waals surface area contributed by atoms with Crippen LogP contribution in [0.1, 0.15) is 17.1 Å². The molecule has 0 atom stereocenters. The molecule has 21 heavy (non-hydrogen) atoms. The van der Waals surface area contributed by atoms with E-state index in [1.807, 2.05) is 6.92 Å². The van der Waals surface area contributed by atoms with E-state index in [4.69, 9.17) is 16.0 Å². The van der Waals surface area contributed by atoms with Crippen molar-refractivity contribution < 1.29 is 12.8 Å². The Morgan fingerprint density at radius 3 is 2.57 bits per heavy atom. The third-order valence-corrected chi connectivity index (χ3v) is 4.88. The van der Waals surface area contributed by atoms with Gasteiger partial charge in [-0.2, -0.15) is 0 Å². The van der Waals surface area contributed by atoms with Crippen molar-refractivity contribution in [2.75, 3.05) is 11.8 Å². The lowest BCUT2D eigenvalue weighted by molar-refractivity contribution is 0.466. The molecule has 0 amide bonds. The molecule has 2 aromatic rings. The lowest BCUT2D eigenvalue weighted by Crippen LogP contribution is -2.13. The summed E-state index contributed by atoms with van der Waals surface area (Å²) in [6.07, 6.45) is 0. The van der Waals surface area contributed by atoms with Gasteiger partial charge in [-0.15, -0.1) is 0 Å². The molecule has 2 N–H and O–H groups in total. The van der Waals surface area contributed by atoms with Gasteiger partial charge in [-0.25, -0.2) is 8.42 Å². The van der Waals surface area contributed by atoms with Crippen LogP contribution in [0.2, 0.25) is 5.02 Å². The number of benzene rings is 1. The van der Waals surface area contributed by atoms with Gasteiger partial charge in [0.25, 0.3) is 10.0 Å². The second kappa shape index (κ2) is 6.09. The Labute approximate surface area is 129 Å². The molecule has 0 fully saturated rings. The summed E-state index contributed by atoms with van der Waals surface area (Å²) < 4.78 is 32.7. The molecule has 0 unspecified atom stereocenters. The number of furan rings is 1. The molecule has 5 nitrogen and oxygen atoms in total. The van der Waals surface area contributed by atoms with Crippen LogP contribution in [0.4, 0.5) is 5.69 Å². The second-order valence-electron chi connectivity index (χ2n) is 4.73. The maximum absolute atomic E-state index is 12.4. The number of nitrogens with one attached hydrogen (secondary N) is 2. The molecule has 1 aromatic heterocycles. The topological polar surface area (TPSA) is 71.3 Å². The minimum absolute atomic E-state index is 0.129. The highest BCUT2D eigenvalue weighted by Crippen LogP contribution is 2.25. The maximum Gasteiger partial charge on any atom is 0.265 e. The van der Waals surface area contributed by atoms with Crippen LogP contribution in [0.25, 0.3) is 0 Å². The van der Waals surface area contributed by atoms with Gasteiger partial charge in [-0.05, 0) is 38.6 Å². The van der Waals surface area contributed by atoms with E-state index in [9.17, 15) is 8.42 Å². The summed E-state index contributed by atoms with van der Waals surface area (Å²) in [5.41, 5.74) is 1.30. The van der Waals surface area contributed by atoms with E-state index in [1.54, 1.807) is 32.2 Å². The average Bonchev–Trinajstić information content (AvgIpc) is 2.76. The lowest BCUT2D eigenvalue weighted by Gasteiger charge is -2.08. The number of halogens is 1. The Morgan fingerprint density at radius 1 is 1.24 bits per heavy atom. The van der Waals surface area contributed by atoms with Crippen LogP contribution in [0.15, 0.2) is 33.6 Å². The smallest absolute Gasteiger partial charge is 0.265 e. The first kappa shape index (κ1) is 15.9. The van der Waals surface area contributed by atoms with Crippen LogP contribution in [-0.2, 0) is 16.6 Å². The Hall–Kier alpha value is -1.50. The molecule has 114 valence electrons. The second-order valence-corrected chi connectivity index (χ2v) is 6.79. The Balaban J connectivity index is 2.31. The van der Waals surface area contributed by atoms with Crippen molar-refractivity contribution in [3.05, 3.63) is 46.4 Å². The standard InChI is InChI=1S/C14H17ClN2O3S/c1-9-4-5-11(6-13(9)15)17-21(18,19)14-7-12(8-16-3)20-10(14)2/h4-7,16-17H,8H2,1-3H3. The Kier molecular flexibility index (Phi) is 4.61. The summed E-state index contributed by atoms with van der Waals surface area (Å²) in [5.74, 6) is 0.920. The fraction of sp³-hybridized carbons (Fsp3) is 0.286. The van der Waals surface area contributed by atoms with Crippen LogP contribution in [0.5, 0.6) is 0 Å². The van der Waals surface area contributed by atoms with Gasteiger partial charge in [-0.1, -0.05) is 17.7 Å². The molecular weight excluding hydrogens is 312 g/mol. The summed E-state index contributed by atoms with van der Waals surface area (Å²) in [6, 6.07) is 6.53. The average molecular weight is 329 g/mol. The molecule has 0 saturated heterocycles. The molecule has 0 bridgehead atoms. The van der Waals surface area contributed by atoms with Crippen molar-refractivity contribution >= 4 is 27.3 Å². The lowest BCUT2D eigenvalue weighted by atomic mass is 10.2. The van der Waals surface area contributed by atoms with Crippen LogP contribution in [-0.4, -0.2) is 15.5 Å². The van der Waals surface area contributed by atoms with E-state index >= 15 is 0 Å². The zero-order valence-corrected chi connectivity index (χ0v) is 13.6. The number of aryl methyl sites for hydroxylation is 2. The fourth-order valence-corrected chi connectivity index (χ4v) is 3.35. The predicted octanol–water partition coefficient (Wildman–Crippen LogP) is 3.07. The van der Waals surface area contributed by atoms with Crippen LogP contribution in [0.3, 0.4) is 0 Å². The van der Waals surface area contributed by atoms with Crippen molar-refractivity contribution in [3.8, 4) is 0 Å². The van der Waals surface area contributed by atoms with Gasteiger partial charge in [0.2, 0.25) is 0 Å². The molecule has 2 rings (SSSR count). The molecule has 0 radical (unpaired) electrons. The molecule has 7 heteroatoms. The van der Waals surface area contributed by atoms with Gasteiger partial charge >= 0.3 is 0 Å². The molecule has 0 saturated carbocycles. The van der Waals surface area contributed by atoms with E-state index < -0.39 is 10.0 Å². The highest BCUT2D eigenvalue weighted by atomic mass is 35.5. The Bertz CT molecular complexity index is 754. The van der Waals surface area contributed by atoms with Gasteiger partial charge in [0.1, 0.15) is 16.4 Å². The summed E-state index contributed by atoms with van der Waals surface area (Å²) in [6.45, 7) is 3.94. The third-order valence-electron chi connectivity index (χ3n) is 2.99. The zero-order valence-electron chi connectivity index (χ0n) is 12.0. The maximum atomic E-state index is 12.4. The van der Waals surface area contributed by atoms with Gasteiger partial charge in [0, 0.05) is 11.1 Å². The number of hydrogen-bond donors (Lipinski definition) is 2. The molecule has 1 heterocycles. The highest BCUT2D eigenvalue weighted by molar-refractivity contribution is 7.92. The van der Waals surface area contributed by atoms with Crippen molar-refractivity contribution in [1.82, 2.24) is 5.32 Å². The van der Waals surface area contributed by atoms with E-state index in [0.717, 1.165) is 5.56 Å². The van der Waals surface area contributed by atoms with Gasteiger partial charge in [0.15, 0.2) is 0 Å². The molecule has 0 aliphatic heterocycles. The third kappa shape index (κ3) is 3.58. The molecular formula is C14H17ClN2O3S. The van der Waals surface area contributed by atoms with Gasteiger partial charge < -0.3 is 9.73 Å². The summed E-state index contributed by atoms with van der Waals surface area (Å²) >= 11 is 6.00. The summed E-state index contributed by atoms with van der Waals surface area (Å²) in [5, 5.41) is 3.42.